The molecule has 6 heterocycles. The Morgan fingerprint density at radius 1 is 0.223 bits per heavy atom. The van der Waals surface area contributed by atoms with Gasteiger partial charge in [0.1, 0.15) is 0 Å². The molecule has 18 aromatic carbocycles. The second kappa shape index (κ2) is 36.7. The molecule has 0 radical (unpaired) electrons. The van der Waals surface area contributed by atoms with Crippen molar-refractivity contribution in [2.24, 2.45) is 0 Å². The Balaban J connectivity index is 0.000000165. The zero-order chi connectivity index (χ0) is 101. The molecule has 0 amide bonds. The lowest BCUT2D eigenvalue weighted by molar-refractivity contribution is -0.137. The molecule has 0 unspecified atom stereocenters. The van der Waals surface area contributed by atoms with E-state index in [0.29, 0.717) is 123 Å². The first kappa shape index (κ1) is 90.5. The normalized spacial score (nSPS) is 11.4. The molecular formula is C124H64F6N18. The lowest BCUT2D eigenvalue weighted by Crippen LogP contribution is -2.11. The third-order valence-corrected chi connectivity index (χ3v) is 26.6. The molecule has 24 aromatic rings. The van der Waals surface area contributed by atoms with Crippen molar-refractivity contribution in [3.63, 3.8) is 0 Å². The Kier molecular flexibility index (Phi) is 22.5. The van der Waals surface area contributed by atoms with Crippen LogP contribution in [-0.2, 0) is 12.4 Å². The van der Waals surface area contributed by atoms with Crippen molar-refractivity contribution in [2.45, 2.75) is 12.4 Å². The molecule has 0 aliphatic carbocycles. The van der Waals surface area contributed by atoms with Crippen LogP contribution in [0, 0.1) is 76.4 Å². The summed E-state index contributed by atoms with van der Waals surface area (Å²) in [5.74, 6) is 2.93. The van der Waals surface area contributed by atoms with E-state index in [1.165, 1.54) is 42.5 Å². The Hall–Kier alpha value is -21.3. The van der Waals surface area contributed by atoms with Gasteiger partial charge in [-0.15, -0.1) is 0 Å². The molecule has 18 nitrogen and oxygen atoms in total. The van der Waals surface area contributed by atoms with Crippen LogP contribution in [0.4, 0.5) is 43.4 Å². The molecular weight excluding hydrogens is 1860 g/mol. The Bertz CT molecular complexity index is 9900. The summed E-state index contributed by atoms with van der Waals surface area (Å²) in [5, 5.41) is 56.7. The van der Waals surface area contributed by atoms with Gasteiger partial charge in [0, 0.05) is 121 Å². The molecule has 0 bridgehead atoms. The molecule has 24 heteroatoms. The van der Waals surface area contributed by atoms with Crippen molar-refractivity contribution < 1.29 is 26.3 Å². The van der Waals surface area contributed by atoms with Crippen molar-refractivity contribution in [1.29, 1.82) is 26.3 Å². The van der Waals surface area contributed by atoms with Crippen LogP contribution in [0.25, 0.3) is 237 Å². The summed E-state index contributed by atoms with van der Waals surface area (Å²) in [6, 6.07) is 126. The van der Waals surface area contributed by atoms with Crippen molar-refractivity contribution in [3.05, 3.63) is 461 Å². The van der Waals surface area contributed by atoms with Gasteiger partial charge < -0.3 is 18.3 Å². The molecule has 0 aliphatic heterocycles. The number of benzene rings is 18. The lowest BCUT2D eigenvalue weighted by atomic mass is 9.93. The molecule has 0 spiro atoms. The fourth-order valence-electron chi connectivity index (χ4n) is 20.2. The lowest BCUT2D eigenvalue weighted by Gasteiger charge is -2.22. The van der Waals surface area contributed by atoms with E-state index in [4.69, 9.17) is 49.6 Å². The van der Waals surface area contributed by atoms with Gasteiger partial charge in [-0.05, 0) is 175 Å². The predicted molar refractivity (Wildman–Crippen MR) is 564 cm³/mol. The molecule has 0 aliphatic rings. The van der Waals surface area contributed by atoms with Crippen LogP contribution in [0.5, 0.6) is 0 Å². The van der Waals surface area contributed by atoms with Crippen LogP contribution in [0.3, 0.4) is 0 Å². The van der Waals surface area contributed by atoms with Crippen LogP contribution in [0.2, 0.25) is 0 Å². The van der Waals surface area contributed by atoms with Crippen LogP contribution in [0.1, 0.15) is 38.9 Å². The van der Waals surface area contributed by atoms with E-state index >= 15 is 26.3 Å². The summed E-state index contributed by atoms with van der Waals surface area (Å²) in [4.78, 5) is 40.5. The SMILES string of the molecule is N#Cc1ccc(-n2c3ccccc3c3cc(-c4nc(-c5ccccc5)nc(-c5ccccc5)n4)ccc32)c(-c2c(-n3c4ccccc4c4cc(-c5nc(-c6ccccc6)nc(-c6ccccc6)n5)ccc43)cccc2C(F)(F)F)c1.[C-]#[N+]c1cc(C#N)c(-c2ccc3c(c2)c2ccccc2n3-c2ccc(C#N)cc2-c2c(-n3c4ccccc4c4cc(-c5c(C#N)cc(C#N)cc5[N+]#[C-])ccc43)cccc2C(F)(F)F)c([N+]#[C-])c1. The van der Waals surface area contributed by atoms with Gasteiger partial charge in [0.25, 0.3) is 0 Å². The largest absolute Gasteiger partial charge is 0.417 e. The number of fused-ring (bicyclic) bond motifs is 12. The van der Waals surface area contributed by atoms with Crippen molar-refractivity contribution in [1.82, 2.24) is 48.2 Å². The van der Waals surface area contributed by atoms with E-state index in [1.54, 1.807) is 89.5 Å². The highest BCUT2D eigenvalue weighted by Gasteiger charge is 2.40. The first-order valence-electron chi connectivity index (χ1n) is 46.4. The van der Waals surface area contributed by atoms with E-state index in [1.807, 2.05) is 268 Å². The second-order valence-electron chi connectivity index (χ2n) is 35.0. The Morgan fingerprint density at radius 2 is 0.514 bits per heavy atom. The van der Waals surface area contributed by atoms with Gasteiger partial charge in [-0.25, -0.2) is 44.4 Å². The van der Waals surface area contributed by atoms with Gasteiger partial charge in [0.15, 0.2) is 52.0 Å². The molecule has 0 N–H and O–H groups in total. The first-order chi connectivity index (χ1) is 72.3. The van der Waals surface area contributed by atoms with E-state index in [2.05, 4.69) is 38.8 Å². The summed E-state index contributed by atoms with van der Waals surface area (Å²) < 4.78 is 103. The molecule has 0 fully saturated rings. The van der Waals surface area contributed by atoms with Gasteiger partial charge >= 0.3 is 12.4 Å². The second-order valence-corrected chi connectivity index (χ2v) is 35.0. The number of hydrogen-bond donors (Lipinski definition) is 0. The fourth-order valence-corrected chi connectivity index (χ4v) is 20.2. The molecule has 6 aromatic heterocycles. The summed E-state index contributed by atoms with van der Waals surface area (Å²) in [5.41, 5.74) is 12.1. The standard InChI is InChI=1S/C68H40F3N9.C56H24F3N9/c69-68(70,71)54-28-17-31-60(80-56-30-16-14-27-50(56)52-40-48(34-37-58(52)80)67-77-64(45-22-9-3-10-23-45)74-65(78-67)46-24-11-4-12-25-46)61(54)53-38-42(41-72)32-35-59(53)79-55-29-15-13-26-49(55)51-39-47(33-36-57(51)79)66-75-62(43-18-5-1-6-19-43)73-63(76-66)44-20-7-2-8-21-44;1-64-38-24-37(31-63)54(46(27-38)66-3)35-16-19-49-41(26-35)39-9-4-6-12-47(39)67(49)51-18-15-32(28-60)22-43(51)55-44(56(57,58)59)11-8-14-52(55)68-48-13-7-5-10-40(48)42-25-34(17-20-50(42)68)53-36(30-62)21-33(29-61)23-45(53)65-2/h1-40H;4-27H. The number of alkyl halides is 6. The molecule has 692 valence electrons. The van der Waals surface area contributed by atoms with E-state index < -0.39 is 23.5 Å². The molecule has 0 saturated carbocycles. The number of para-hydroxylation sites is 4. The zero-order valence-electron chi connectivity index (χ0n) is 77.3. The van der Waals surface area contributed by atoms with Crippen LogP contribution in [0.15, 0.2) is 388 Å². The quantitative estimate of drug-likeness (QED) is 0.0734. The third-order valence-electron chi connectivity index (χ3n) is 26.6. The van der Waals surface area contributed by atoms with Gasteiger partial charge in [0.05, 0.1) is 145 Å². The maximum absolute atomic E-state index is 16.1. The highest BCUT2D eigenvalue weighted by Crippen LogP contribution is 2.52. The zero-order valence-corrected chi connectivity index (χ0v) is 77.3. The Morgan fingerprint density at radius 3 is 0.831 bits per heavy atom. The highest BCUT2D eigenvalue weighted by atomic mass is 19.4. The summed E-state index contributed by atoms with van der Waals surface area (Å²) in [6.45, 7) is 23.3. The number of nitriles is 5. The van der Waals surface area contributed by atoms with E-state index in [9.17, 15) is 26.3 Å². The van der Waals surface area contributed by atoms with E-state index in [-0.39, 0.29) is 78.5 Å². The van der Waals surface area contributed by atoms with Crippen molar-refractivity contribution >= 4 is 104 Å². The number of rotatable bonds is 14. The van der Waals surface area contributed by atoms with Gasteiger partial charge in [-0.2, -0.15) is 52.7 Å². The minimum absolute atomic E-state index is 0.0917. The van der Waals surface area contributed by atoms with Crippen molar-refractivity contribution in [2.75, 3.05) is 0 Å². The van der Waals surface area contributed by atoms with Gasteiger partial charge in [-0.1, -0.05) is 224 Å². The summed E-state index contributed by atoms with van der Waals surface area (Å²) in [7, 11) is 0. The van der Waals surface area contributed by atoms with Crippen LogP contribution in [-0.4, -0.2) is 48.2 Å². The molecule has 0 atom stereocenters. The van der Waals surface area contributed by atoms with Crippen LogP contribution >= 0.6 is 0 Å². The minimum Gasteiger partial charge on any atom is -0.309 e. The topological polar surface area (TPSA) is 229 Å². The number of halogens is 6. The minimum atomic E-state index is -4.88. The smallest absolute Gasteiger partial charge is 0.309 e. The van der Waals surface area contributed by atoms with E-state index in [0.717, 1.165) is 77.9 Å². The maximum Gasteiger partial charge on any atom is 0.417 e. The molecule has 0 saturated heterocycles. The third kappa shape index (κ3) is 15.7. The highest BCUT2D eigenvalue weighted by molar-refractivity contribution is 6.16. The molecule has 148 heavy (non-hydrogen) atoms. The summed E-state index contributed by atoms with van der Waals surface area (Å²) in [6.07, 6.45) is -9.70. The summed E-state index contributed by atoms with van der Waals surface area (Å²) >= 11 is 0. The predicted octanol–water partition coefficient (Wildman–Crippen LogP) is 31.8. The van der Waals surface area contributed by atoms with Gasteiger partial charge in [-0.3, -0.25) is 0 Å². The fraction of sp³-hybridized carbons (Fsp3) is 0.0161. The monoisotopic (exact) mass is 1920 g/mol. The number of hydrogen-bond acceptors (Lipinski definition) is 11. The van der Waals surface area contributed by atoms with Gasteiger partial charge in [0.2, 0.25) is 0 Å². The van der Waals surface area contributed by atoms with Crippen LogP contribution < -0.4 is 0 Å². The Labute approximate surface area is 839 Å². The maximum atomic E-state index is 16.1. The number of nitrogens with zero attached hydrogens (tertiary/aromatic N) is 18. The first-order valence-corrected chi connectivity index (χ1v) is 46.4. The number of aromatic nitrogens is 10. The average Bonchev–Trinajstić information content (AvgIpc) is 1.56. The average molecular weight is 1920 g/mol. The molecule has 24 rings (SSSR count). The van der Waals surface area contributed by atoms with Crippen molar-refractivity contribution in [3.8, 4) is 166 Å².